The molecule has 4 heteroatoms. The zero-order valence-electron chi connectivity index (χ0n) is 17.3. The molecule has 5 rings (SSSR count). The van der Waals surface area contributed by atoms with Gasteiger partial charge in [-0.15, -0.1) is 0 Å². The van der Waals surface area contributed by atoms with Crippen molar-refractivity contribution >= 4 is 19.3 Å². The molecule has 4 unspecified atom stereocenters. The van der Waals surface area contributed by atoms with Crippen molar-refractivity contribution in [2.75, 3.05) is 0 Å². The predicted molar refractivity (Wildman–Crippen MR) is 114 cm³/mol. The first kappa shape index (κ1) is 23.3. The second kappa shape index (κ2) is 8.62. The van der Waals surface area contributed by atoms with Gasteiger partial charge < -0.3 is 24.8 Å². The van der Waals surface area contributed by atoms with E-state index in [0.717, 1.165) is 9.54 Å². The van der Waals surface area contributed by atoms with Gasteiger partial charge in [0.2, 0.25) is 0 Å². The summed E-state index contributed by atoms with van der Waals surface area (Å²) >= 11 is 1.70. The standard InChI is InChI=1S/C25H27Si.2ClH.Zr/c1-4-17(15-19-14-13-18-9-5-6-10-20(18)19)16-23-21-11-7-8-12-22(21)24-25(23)26(24,2)3;;;/h5-15,17,19,23H,4,16H2,1-3H3;2*1H;/q;;;+2/p-2. The number of fused-ring (bicyclic) bond motifs is 3. The number of benzene rings is 2. The van der Waals surface area contributed by atoms with Gasteiger partial charge >= 0.3 is 180 Å². The van der Waals surface area contributed by atoms with Crippen LogP contribution < -0.4 is 24.8 Å². The quantitative estimate of drug-likeness (QED) is 0.518. The Hall–Kier alpha value is -0.400. The summed E-state index contributed by atoms with van der Waals surface area (Å²) in [6.45, 7) is 7.54. The zero-order chi connectivity index (χ0) is 18.8. The summed E-state index contributed by atoms with van der Waals surface area (Å²) in [5.74, 6) is 2.14. The third kappa shape index (κ3) is 3.63. The van der Waals surface area contributed by atoms with Gasteiger partial charge in [-0.05, 0) is 0 Å². The van der Waals surface area contributed by atoms with Gasteiger partial charge in [0.25, 0.3) is 0 Å². The summed E-state index contributed by atoms with van der Waals surface area (Å²) in [7, 11) is -1.20. The second-order valence-electron chi connectivity index (χ2n) is 9.00. The fraction of sp³-hybridized carbons (Fsp3) is 0.360. The molecule has 0 radical (unpaired) electrons. The van der Waals surface area contributed by atoms with E-state index in [2.05, 4.69) is 80.7 Å². The van der Waals surface area contributed by atoms with Gasteiger partial charge in [0, 0.05) is 0 Å². The van der Waals surface area contributed by atoms with Crippen LogP contribution in [0, 0.1) is 5.92 Å². The normalized spacial score (nSPS) is 24.0. The minimum atomic E-state index is -1.20. The number of allylic oxidation sites excluding steroid dienone is 2. The summed E-state index contributed by atoms with van der Waals surface area (Å²) in [5.41, 5.74) is 6.25. The Labute approximate surface area is 203 Å². The van der Waals surface area contributed by atoms with Crippen molar-refractivity contribution in [3.8, 4) is 0 Å². The molecular weight excluding hydrogens is 490 g/mol. The van der Waals surface area contributed by atoms with Crippen molar-refractivity contribution in [1.82, 2.24) is 0 Å². The maximum absolute atomic E-state index is 2.56. The van der Waals surface area contributed by atoms with E-state index >= 15 is 0 Å². The third-order valence-electron chi connectivity index (χ3n) is 7.26. The molecule has 0 bridgehead atoms. The van der Waals surface area contributed by atoms with Crippen molar-refractivity contribution in [2.45, 2.75) is 48.3 Å². The molecule has 2 aromatic rings. The van der Waals surface area contributed by atoms with E-state index in [4.69, 9.17) is 0 Å². The van der Waals surface area contributed by atoms with Crippen LogP contribution in [-0.4, -0.2) is 8.07 Å². The fourth-order valence-electron chi connectivity index (χ4n) is 5.77. The SMILES string of the molecule is CCC(CC1C2=C(c3ccccc31)[Si]2(C)C)[CH]([Zr+2])C1C=Cc2ccccc21.[Cl-].[Cl-]. The van der Waals surface area contributed by atoms with E-state index in [-0.39, 0.29) is 24.8 Å². The van der Waals surface area contributed by atoms with Gasteiger partial charge in [-0.3, -0.25) is 0 Å². The summed E-state index contributed by atoms with van der Waals surface area (Å²) < 4.78 is 0.780. The van der Waals surface area contributed by atoms with Gasteiger partial charge in [-0.1, -0.05) is 0 Å². The van der Waals surface area contributed by atoms with Crippen LogP contribution >= 0.6 is 0 Å². The number of halogens is 2. The van der Waals surface area contributed by atoms with E-state index in [1.54, 1.807) is 46.6 Å². The molecule has 0 saturated carbocycles. The van der Waals surface area contributed by atoms with Gasteiger partial charge in [-0.25, -0.2) is 0 Å². The molecule has 3 aliphatic rings. The Bertz CT molecular complexity index is 978. The van der Waals surface area contributed by atoms with Gasteiger partial charge in [-0.2, -0.15) is 0 Å². The molecule has 149 valence electrons. The van der Waals surface area contributed by atoms with Crippen molar-refractivity contribution in [3.05, 3.63) is 82.1 Å². The van der Waals surface area contributed by atoms with Gasteiger partial charge in [0.15, 0.2) is 0 Å². The monoisotopic (exact) mass is 515 g/mol. The molecule has 0 saturated heterocycles. The Balaban J connectivity index is 0.00000120. The zero-order valence-corrected chi connectivity index (χ0v) is 22.2. The van der Waals surface area contributed by atoms with Gasteiger partial charge in [0.1, 0.15) is 0 Å². The van der Waals surface area contributed by atoms with Crippen LogP contribution in [0.1, 0.15) is 53.9 Å². The summed E-state index contributed by atoms with van der Waals surface area (Å²) in [6, 6.07) is 18.3. The van der Waals surface area contributed by atoms with E-state index in [1.165, 1.54) is 18.4 Å². The fourth-order valence-corrected chi connectivity index (χ4v) is 11.5. The molecule has 0 fully saturated rings. The van der Waals surface area contributed by atoms with Crippen molar-refractivity contribution < 1.29 is 49.5 Å². The second-order valence-corrected chi connectivity index (χ2v) is 14.9. The number of rotatable bonds is 5. The van der Waals surface area contributed by atoms with Crippen LogP contribution in [0.25, 0.3) is 11.3 Å². The van der Waals surface area contributed by atoms with Crippen LogP contribution in [0.15, 0.2) is 59.8 Å². The van der Waals surface area contributed by atoms with E-state index in [1.807, 2.05) is 5.20 Å². The van der Waals surface area contributed by atoms with Crippen molar-refractivity contribution in [1.29, 1.82) is 0 Å². The van der Waals surface area contributed by atoms with E-state index in [0.29, 0.717) is 11.8 Å². The van der Waals surface area contributed by atoms with Crippen LogP contribution in [0.4, 0.5) is 0 Å². The molecule has 0 amide bonds. The first-order chi connectivity index (χ1) is 13.0. The third-order valence-corrected chi connectivity index (χ3v) is 12.8. The van der Waals surface area contributed by atoms with E-state index in [9.17, 15) is 0 Å². The summed E-state index contributed by atoms with van der Waals surface area (Å²) in [4.78, 5) is 0. The minimum absolute atomic E-state index is 0. The molecule has 2 aromatic carbocycles. The largest absolute Gasteiger partial charge is 1.00 e. The maximum Gasteiger partial charge on any atom is -1.00 e. The Morgan fingerprint density at radius 2 is 1.62 bits per heavy atom. The van der Waals surface area contributed by atoms with Crippen LogP contribution in [0.5, 0.6) is 0 Å². The molecule has 0 aromatic heterocycles. The minimum Gasteiger partial charge on any atom is -1.00 e. The maximum atomic E-state index is 2.56. The molecular formula is C25H27Cl2SiZr. The average molecular weight is 518 g/mol. The van der Waals surface area contributed by atoms with Crippen LogP contribution in [0.3, 0.4) is 0 Å². The van der Waals surface area contributed by atoms with Crippen LogP contribution in [-0.2, 0) is 24.7 Å². The first-order valence-electron chi connectivity index (χ1n) is 10.4. The number of hydrogen-bond acceptors (Lipinski definition) is 0. The predicted octanol–water partition coefficient (Wildman–Crippen LogP) is 0.908. The smallest absolute Gasteiger partial charge is 1.00 e. The Kier molecular flexibility index (Phi) is 6.92. The molecule has 2 aliphatic carbocycles. The Morgan fingerprint density at radius 1 is 0.966 bits per heavy atom. The van der Waals surface area contributed by atoms with Crippen molar-refractivity contribution in [3.63, 3.8) is 0 Å². The van der Waals surface area contributed by atoms with E-state index < -0.39 is 8.07 Å². The van der Waals surface area contributed by atoms with Crippen LogP contribution in [0.2, 0.25) is 16.7 Å². The first-order valence-corrected chi connectivity index (χ1v) is 14.8. The molecule has 4 atom stereocenters. The number of hydrogen-bond donors (Lipinski definition) is 0. The Morgan fingerprint density at radius 3 is 2.34 bits per heavy atom. The van der Waals surface area contributed by atoms with Crippen molar-refractivity contribution in [2.24, 2.45) is 5.92 Å². The molecule has 0 N–H and O–H groups in total. The average Bonchev–Trinajstić information content (AvgIpc) is 3.02. The summed E-state index contributed by atoms with van der Waals surface area (Å²) in [6.07, 6.45) is 7.48. The molecule has 1 aliphatic heterocycles. The topological polar surface area (TPSA) is 0 Å². The molecule has 29 heavy (non-hydrogen) atoms. The van der Waals surface area contributed by atoms with Gasteiger partial charge in [0.05, 0.1) is 0 Å². The summed E-state index contributed by atoms with van der Waals surface area (Å²) in [5, 5.41) is 3.68. The molecule has 1 heterocycles. The molecule has 0 spiro atoms. The molecule has 0 nitrogen and oxygen atoms in total.